The second kappa shape index (κ2) is 5.67. The van der Waals surface area contributed by atoms with Crippen molar-refractivity contribution in [1.29, 1.82) is 0 Å². The Hall–Kier alpha value is -1.56. The molecular weight excluding hydrogens is 236 g/mol. The molecule has 1 rings (SSSR count). The van der Waals surface area contributed by atoms with E-state index < -0.39 is 5.41 Å². The van der Waals surface area contributed by atoms with Crippen LogP contribution in [-0.2, 0) is 4.79 Å². The van der Waals surface area contributed by atoms with Crippen LogP contribution in [0.15, 0.2) is 18.6 Å². The van der Waals surface area contributed by atoms with Crippen molar-refractivity contribution in [3.63, 3.8) is 0 Å². The number of hydrogen-bond acceptors (Lipinski definition) is 4. The second-order valence-electron chi connectivity index (χ2n) is 3.70. The molecule has 0 aliphatic carbocycles. The molecule has 0 unspecified atom stereocenters. The van der Waals surface area contributed by atoms with Crippen molar-refractivity contribution in [1.82, 2.24) is 9.97 Å². The van der Waals surface area contributed by atoms with Gasteiger partial charge in [-0.15, -0.1) is 0 Å². The molecule has 0 saturated carbocycles. The van der Waals surface area contributed by atoms with Gasteiger partial charge in [0.1, 0.15) is 0 Å². The number of nitrogens with one attached hydrogen (secondary N) is 1. The number of anilines is 1. The number of carbonyl (C=O) groups is 1. The van der Waals surface area contributed by atoms with Crippen LogP contribution in [0, 0.1) is 5.41 Å². The Morgan fingerprint density at radius 1 is 1.47 bits per heavy atom. The first-order valence-corrected chi connectivity index (χ1v) is 5.85. The Morgan fingerprint density at radius 3 is 2.53 bits per heavy atom. The summed E-state index contributed by atoms with van der Waals surface area (Å²) in [4.78, 5) is 20.3. The molecule has 6 heteroatoms. The van der Waals surface area contributed by atoms with Gasteiger partial charge in [-0.3, -0.25) is 9.78 Å². The fraction of sp³-hybridized carbons (Fsp3) is 0.455. The van der Waals surface area contributed by atoms with E-state index in [2.05, 4.69) is 15.3 Å². The van der Waals surface area contributed by atoms with E-state index in [1.807, 2.05) is 13.8 Å². The molecule has 1 amide bonds. The number of hydrogen-bond donors (Lipinski definition) is 2. The lowest BCUT2D eigenvalue weighted by Gasteiger charge is -2.28. The number of thiocarbonyl (C=S) groups is 1. The molecule has 0 saturated heterocycles. The molecule has 1 heterocycles. The second-order valence-corrected chi connectivity index (χ2v) is 4.14. The number of aromatic nitrogens is 2. The van der Waals surface area contributed by atoms with Crippen molar-refractivity contribution >= 4 is 28.9 Å². The maximum absolute atomic E-state index is 12.2. The summed E-state index contributed by atoms with van der Waals surface area (Å²) in [6, 6.07) is 0. The van der Waals surface area contributed by atoms with E-state index >= 15 is 0 Å². The van der Waals surface area contributed by atoms with Crippen LogP contribution in [0.3, 0.4) is 0 Å². The van der Waals surface area contributed by atoms with E-state index in [9.17, 15) is 4.79 Å². The zero-order valence-electron chi connectivity index (χ0n) is 9.93. The predicted molar refractivity (Wildman–Crippen MR) is 70.5 cm³/mol. The van der Waals surface area contributed by atoms with E-state index in [4.69, 9.17) is 18.0 Å². The van der Waals surface area contributed by atoms with E-state index in [-0.39, 0.29) is 10.9 Å². The fourth-order valence-corrected chi connectivity index (χ4v) is 2.01. The van der Waals surface area contributed by atoms with Gasteiger partial charge >= 0.3 is 0 Å². The van der Waals surface area contributed by atoms with E-state index in [0.717, 1.165) is 0 Å². The standard InChI is InChI=1S/C11H16N4OS/c1-3-11(4-2,9(12)17)10(16)15-8-7-13-5-6-14-8/h5-7H,3-4H2,1-2H3,(H2,12,17)(H,14,15,16). The highest BCUT2D eigenvalue weighted by molar-refractivity contribution is 7.80. The molecule has 0 aliphatic heterocycles. The minimum absolute atomic E-state index is 0.212. The fourth-order valence-electron chi connectivity index (χ4n) is 1.63. The van der Waals surface area contributed by atoms with Crippen LogP contribution in [0.1, 0.15) is 26.7 Å². The van der Waals surface area contributed by atoms with Gasteiger partial charge in [0.05, 0.1) is 16.6 Å². The molecule has 0 bridgehead atoms. The minimum atomic E-state index is -0.813. The monoisotopic (exact) mass is 252 g/mol. The van der Waals surface area contributed by atoms with Gasteiger partial charge in [0.25, 0.3) is 0 Å². The van der Waals surface area contributed by atoms with Gasteiger partial charge in [-0.2, -0.15) is 0 Å². The number of carbonyl (C=O) groups excluding carboxylic acids is 1. The first-order valence-electron chi connectivity index (χ1n) is 5.44. The molecule has 1 aromatic rings. The number of rotatable bonds is 5. The smallest absolute Gasteiger partial charge is 0.238 e. The van der Waals surface area contributed by atoms with Gasteiger partial charge in [0, 0.05) is 12.4 Å². The molecule has 5 nitrogen and oxygen atoms in total. The Balaban J connectivity index is 2.91. The van der Waals surface area contributed by atoms with Crippen LogP contribution in [0.2, 0.25) is 0 Å². The van der Waals surface area contributed by atoms with Crippen molar-refractivity contribution in [2.45, 2.75) is 26.7 Å². The highest BCUT2D eigenvalue weighted by atomic mass is 32.1. The lowest BCUT2D eigenvalue weighted by Crippen LogP contribution is -2.45. The molecule has 0 atom stereocenters. The quantitative estimate of drug-likeness (QED) is 0.776. The first-order chi connectivity index (χ1) is 8.06. The van der Waals surface area contributed by atoms with Gasteiger partial charge in [-0.1, -0.05) is 26.1 Å². The predicted octanol–water partition coefficient (Wildman–Crippen LogP) is 1.51. The molecule has 3 N–H and O–H groups in total. The number of nitrogens with two attached hydrogens (primary N) is 1. The third kappa shape index (κ3) is 2.76. The summed E-state index contributed by atoms with van der Waals surface area (Å²) in [6.07, 6.45) is 5.65. The molecule has 0 radical (unpaired) electrons. The Morgan fingerprint density at radius 2 is 2.12 bits per heavy atom. The van der Waals surface area contributed by atoms with E-state index in [1.165, 1.54) is 18.6 Å². The Kier molecular flexibility index (Phi) is 4.51. The maximum Gasteiger partial charge on any atom is 0.238 e. The van der Waals surface area contributed by atoms with Gasteiger partial charge in [-0.05, 0) is 12.8 Å². The molecule has 17 heavy (non-hydrogen) atoms. The third-order valence-corrected chi connectivity index (χ3v) is 3.31. The zero-order chi connectivity index (χ0) is 12.9. The summed E-state index contributed by atoms with van der Waals surface area (Å²) in [5.74, 6) is 0.176. The molecule has 0 aromatic carbocycles. The van der Waals surface area contributed by atoms with Crippen molar-refractivity contribution in [2.24, 2.45) is 11.1 Å². The maximum atomic E-state index is 12.2. The molecule has 1 aromatic heterocycles. The Labute approximate surface area is 106 Å². The summed E-state index contributed by atoms with van der Waals surface area (Å²) < 4.78 is 0. The number of amides is 1. The van der Waals surface area contributed by atoms with Crippen LogP contribution in [0.4, 0.5) is 5.82 Å². The highest BCUT2D eigenvalue weighted by Crippen LogP contribution is 2.28. The average molecular weight is 252 g/mol. The summed E-state index contributed by atoms with van der Waals surface area (Å²) in [6.45, 7) is 3.78. The summed E-state index contributed by atoms with van der Waals surface area (Å²) >= 11 is 5.00. The zero-order valence-corrected chi connectivity index (χ0v) is 10.8. The normalized spacial score (nSPS) is 10.9. The SMILES string of the molecule is CCC(CC)(C(=O)Nc1cnccn1)C(N)=S. The average Bonchev–Trinajstić information content (AvgIpc) is 2.32. The van der Waals surface area contributed by atoms with Crippen LogP contribution in [-0.4, -0.2) is 20.9 Å². The lowest BCUT2D eigenvalue weighted by molar-refractivity contribution is -0.122. The van der Waals surface area contributed by atoms with Crippen LogP contribution >= 0.6 is 12.2 Å². The number of nitrogens with zero attached hydrogens (tertiary/aromatic N) is 2. The van der Waals surface area contributed by atoms with Crippen LogP contribution in [0.5, 0.6) is 0 Å². The van der Waals surface area contributed by atoms with Crippen molar-refractivity contribution < 1.29 is 4.79 Å². The molecule has 0 spiro atoms. The van der Waals surface area contributed by atoms with E-state index in [1.54, 1.807) is 0 Å². The first kappa shape index (κ1) is 13.5. The topological polar surface area (TPSA) is 80.9 Å². The Bertz CT molecular complexity index is 403. The minimum Gasteiger partial charge on any atom is -0.392 e. The van der Waals surface area contributed by atoms with Gasteiger partial charge in [0.15, 0.2) is 5.82 Å². The van der Waals surface area contributed by atoms with Crippen molar-refractivity contribution in [3.8, 4) is 0 Å². The van der Waals surface area contributed by atoms with Crippen LogP contribution in [0.25, 0.3) is 0 Å². The molecule has 92 valence electrons. The van der Waals surface area contributed by atoms with E-state index in [0.29, 0.717) is 18.7 Å². The molecule has 0 fully saturated rings. The highest BCUT2D eigenvalue weighted by Gasteiger charge is 2.38. The largest absolute Gasteiger partial charge is 0.392 e. The third-order valence-electron chi connectivity index (χ3n) is 2.92. The molecular formula is C11H16N4OS. The molecule has 0 aliphatic rings. The summed E-state index contributed by atoms with van der Waals surface area (Å²) in [7, 11) is 0. The van der Waals surface area contributed by atoms with Crippen molar-refractivity contribution in [3.05, 3.63) is 18.6 Å². The van der Waals surface area contributed by atoms with Gasteiger partial charge < -0.3 is 11.1 Å². The summed E-state index contributed by atoms with van der Waals surface area (Å²) in [5.41, 5.74) is 4.87. The van der Waals surface area contributed by atoms with Crippen molar-refractivity contribution in [2.75, 3.05) is 5.32 Å². The van der Waals surface area contributed by atoms with Gasteiger partial charge in [0.2, 0.25) is 5.91 Å². The lowest BCUT2D eigenvalue weighted by atomic mass is 9.81. The summed E-state index contributed by atoms with van der Waals surface area (Å²) in [5, 5.41) is 2.69. The van der Waals surface area contributed by atoms with Gasteiger partial charge in [-0.25, -0.2) is 4.98 Å². The van der Waals surface area contributed by atoms with Crippen LogP contribution < -0.4 is 11.1 Å².